The number of anilines is 1. The van der Waals surface area contributed by atoms with Gasteiger partial charge in [-0.15, -0.1) is 0 Å². The first-order valence-corrected chi connectivity index (χ1v) is 9.68. The second kappa shape index (κ2) is 9.21. The van der Waals surface area contributed by atoms with E-state index in [-0.39, 0.29) is 41.7 Å². The van der Waals surface area contributed by atoms with Crippen LogP contribution in [-0.4, -0.2) is 47.4 Å². The number of hydrogen-bond donors (Lipinski definition) is 0. The van der Waals surface area contributed by atoms with Gasteiger partial charge in [0.2, 0.25) is 0 Å². The summed E-state index contributed by atoms with van der Waals surface area (Å²) in [6.45, 7) is -0.893. The monoisotopic (exact) mass is 463 g/mol. The molecule has 32 heavy (non-hydrogen) atoms. The summed E-state index contributed by atoms with van der Waals surface area (Å²) in [5.74, 6) is -0.0232. The number of aromatic nitrogens is 2. The second-order valence-electron chi connectivity index (χ2n) is 7.24. The van der Waals surface area contributed by atoms with Crippen LogP contribution in [0.2, 0.25) is 0 Å². The fraction of sp³-hybridized carbons (Fsp3) is 0.450. The van der Waals surface area contributed by atoms with Crippen molar-refractivity contribution in [2.24, 2.45) is 0 Å². The molecule has 12 heteroatoms. The number of ether oxygens (including phenoxy) is 1. The highest BCUT2D eigenvalue weighted by atomic mass is 19.4. The first kappa shape index (κ1) is 23.6. The maximum absolute atomic E-state index is 12.8. The molecule has 0 amide bonds. The number of rotatable bonds is 6. The molecule has 2 heterocycles. The topological polar surface area (TPSA) is 64.4 Å². The van der Waals surface area contributed by atoms with Crippen LogP contribution in [0.25, 0.3) is 5.69 Å². The first-order chi connectivity index (χ1) is 14.9. The summed E-state index contributed by atoms with van der Waals surface area (Å²) < 4.78 is 81.0. The van der Waals surface area contributed by atoms with Crippen LogP contribution in [-0.2, 0) is 11.2 Å². The number of benzene rings is 1. The Kier molecular flexibility index (Phi) is 6.79. The van der Waals surface area contributed by atoms with Crippen LogP contribution in [0.5, 0.6) is 5.75 Å². The summed E-state index contributed by atoms with van der Waals surface area (Å²) in [6.07, 6.45) is -10.3. The van der Waals surface area contributed by atoms with Crippen LogP contribution in [0.15, 0.2) is 35.1 Å². The summed E-state index contributed by atoms with van der Waals surface area (Å²) in [6, 6.07) is 6.08. The molecule has 0 N–H and O–H groups in total. The number of carbonyl (C=O) groups excluding carboxylic acids is 1. The van der Waals surface area contributed by atoms with E-state index < -0.39 is 37.4 Å². The quantitative estimate of drug-likeness (QED) is 0.610. The third-order valence-electron chi connectivity index (χ3n) is 4.75. The summed E-state index contributed by atoms with van der Waals surface area (Å²) in [4.78, 5) is 30.2. The smallest absolute Gasteiger partial charge is 0.422 e. The lowest BCUT2D eigenvalue weighted by Gasteiger charge is -2.28. The molecular weight excluding hydrogens is 444 g/mol. The van der Waals surface area contributed by atoms with Crippen molar-refractivity contribution in [3.63, 3.8) is 0 Å². The second-order valence-corrected chi connectivity index (χ2v) is 7.24. The molecule has 0 radical (unpaired) electrons. The van der Waals surface area contributed by atoms with Gasteiger partial charge in [-0.05, 0) is 24.3 Å². The molecule has 0 atom stereocenters. The number of piperidine rings is 1. The number of ketones is 1. The van der Waals surface area contributed by atoms with Gasteiger partial charge in [0.15, 0.2) is 6.61 Å². The Balaban J connectivity index is 1.92. The van der Waals surface area contributed by atoms with Gasteiger partial charge in [0.1, 0.15) is 23.2 Å². The zero-order chi connectivity index (χ0) is 23.5. The van der Waals surface area contributed by atoms with E-state index in [9.17, 15) is 35.9 Å². The van der Waals surface area contributed by atoms with Crippen LogP contribution in [0, 0.1) is 0 Å². The molecule has 1 aromatic heterocycles. The summed E-state index contributed by atoms with van der Waals surface area (Å²) in [5.41, 5.74) is -0.507. The summed E-state index contributed by atoms with van der Waals surface area (Å²) in [7, 11) is 0. The first-order valence-electron chi connectivity index (χ1n) is 9.68. The van der Waals surface area contributed by atoms with Crippen molar-refractivity contribution in [3.8, 4) is 11.4 Å². The SMILES string of the molecule is O=C1CCN(c2cc(=O)n(-c3ccc(OCC(F)(F)F)cc3)c(CCC(F)(F)F)n2)CC1. The number of hydrogen-bond acceptors (Lipinski definition) is 5. The van der Waals surface area contributed by atoms with Gasteiger partial charge in [-0.25, -0.2) is 4.98 Å². The van der Waals surface area contributed by atoms with Crippen LogP contribution >= 0.6 is 0 Å². The van der Waals surface area contributed by atoms with Crippen LogP contribution in [0.3, 0.4) is 0 Å². The Labute approximate surface area is 178 Å². The molecule has 0 saturated carbocycles. The minimum atomic E-state index is -4.53. The average Bonchev–Trinajstić information content (AvgIpc) is 2.70. The van der Waals surface area contributed by atoms with E-state index in [1.807, 2.05) is 0 Å². The molecule has 2 aromatic rings. The molecular formula is C20H19F6N3O3. The minimum Gasteiger partial charge on any atom is -0.484 e. The van der Waals surface area contributed by atoms with Crippen LogP contribution in [0.1, 0.15) is 25.1 Å². The largest absolute Gasteiger partial charge is 0.484 e. The number of halogens is 6. The van der Waals surface area contributed by atoms with Gasteiger partial charge in [0.05, 0.1) is 12.1 Å². The highest BCUT2D eigenvalue weighted by Crippen LogP contribution is 2.25. The van der Waals surface area contributed by atoms with E-state index in [0.717, 1.165) is 4.57 Å². The molecule has 0 spiro atoms. The average molecular weight is 463 g/mol. The van der Waals surface area contributed by atoms with E-state index in [1.54, 1.807) is 4.90 Å². The van der Waals surface area contributed by atoms with Gasteiger partial charge in [-0.1, -0.05) is 0 Å². The van der Waals surface area contributed by atoms with Gasteiger partial charge >= 0.3 is 12.4 Å². The molecule has 6 nitrogen and oxygen atoms in total. The van der Waals surface area contributed by atoms with Gasteiger partial charge < -0.3 is 9.64 Å². The predicted octanol–water partition coefficient (Wildman–Crippen LogP) is 3.84. The fourth-order valence-corrected chi connectivity index (χ4v) is 3.22. The van der Waals surface area contributed by atoms with E-state index in [0.29, 0.717) is 13.1 Å². The zero-order valence-electron chi connectivity index (χ0n) is 16.7. The molecule has 1 aliphatic rings. The van der Waals surface area contributed by atoms with E-state index in [1.165, 1.54) is 30.3 Å². The molecule has 3 rings (SSSR count). The van der Waals surface area contributed by atoms with Crippen molar-refractivity contribution in [1.29, 1.82) is 0 Å². The lowest BCUT2D eigenvalue weighted by atomic mass is 10.1. The number of carbonyl (C=O) groups is 1. The normalized spacial score (nSPS) is 15.2. The molecule has 1 fully saturated rings. The number of aryl methyl sites for hydroxylation is 1. The molecule has 0 bridgehead atoms. The van der Waals surface area contributed by atoms with Crippen molar-refractivity contribution < 1.29 is 35.9 Å². The van der Waals surface area contributed by atoms with Crippen molar-refractivity contribution in [1.82, 2.24) is 9.55 Å². The maximum atomic E-state index is 12.8. The third-order valence-corrected chi connectivity index (χ3v) is 4.75. The van der Waals surface area contributed by atoms with Gasteiger partial charge in [-0.3, -0.25) is 14.2 Å². The molecule has 1 saturated heterocycles. The molecule has 1 aromatic carbocycles. The number of alkyl halides is 6. The summed E-state index contributed by atoms with van der Waals surface area (Å²) in [5, 5.41) is 0. The Bertz CT molecular complexity index is 1010. The lowest BCUT2D eigenvalue weighted by Crippen LogP contribution is -2.36. The minimum absolute atomic E-state index is 0.0553. The van der Waals surface area contributed by atoms with E-state index >= 15 is 0 Å². The van der Waals surface area contributed by atoms with Crippen LogP contribution in [0.4, 0.5) is 32.2 Å². The van der Waals surface area contributed by atoms with Crippen LogP contribution < -0.4 is 15.2 Å². The zero-order valence-corrected chi connectivity index (χ0v) is 16.7. The van der Waals surface area contributed by atoms with Crippen molar-refractivity contribution in [2.75, 3.05) is 24.6 Å². The Morgan fingerprint density at radius 3 is 2.12 bits per heavy atom. The highest BCUT2D eigenvalue weighted by molar-refractivity contribution is 5.80. The molecule has 0 unspecified atom stereocenters. The van der Waals surface area contributed by atoms with Gasteiger partial charge in [-0.2, -0.15) is 26.3 Å². The van der Waals surface area contributed by atoms with E-state index in [2.05, 4.69) is 9.72 Å². The Morgan fingerprint density at radius 1 is 0.938 bits per heavy atom. The Hall–Kier alpha value is -3.05. The molecule has 1 aliphatic heterocycles. The van der Waals surface area contributed by atoms with E-state index in [4.69, 9.17) is 0 Å². The molecule has 174 valence electrons. The highest BCUT2D eigenvalue weighted by Gasteiger charge is 2.29. The number of Topliss-reactive ketones (excluding diaryl/α,β-unsaturated/α-hetero) is 1. The molecule has 0 aliphatic carbocycles. The standard InChI is InChI=1S/C20H19F6N3O3/c21-19(22,23)8-5-16-27-17(28-9-6-14(30)7-10-28)11-18(31)29(16)13-1-3-15(4-2-13)32-12-20(24,25)26/h1-4,11H,5-10,12H2. The number of nitrogens with zero attached hydrogens (tertiary/aromatic N) is 3. The van der Waals surface area contributed by atoms with Crippen molar-refractivity contribution in [3.05, 3.63) is 46.5 Å². The summed E-state index contributed by atoms with van der Waals surface area (Å²) >= 11 is 0. The van der Waals surface area contributed by atoms with Gasteiger partial charge in [0, 0.05) is 38.4 Å². The predicted molar refractivity (Wildman–Crippen MR) is 102 cm³/mol. The van der Waals surface area contributed by atoms with Crippen molar-refractivity contribution >= 4 is 11.6 Å². The van der Waals surface area contributed by atoms with Crippen molar-refractivity contribution in [2.45, 2.75) is 38.0 Å². The third kappa shape index (κ3) is 6.47. The maximum Gasteiger partial charge on any atom is 0.422 e. The Morgan fingerprint density at radius 2 is 1.56 bits per heavy atom. The lowest BCUT2D eigenvalue weighted by molar-refractivity contribution is -0.153. The fourth-order valence-electron chi connectivity index (χ4n) is 3.22. The van der Waals surface area contributed by atoms with Gasteiger partial charge in [0.25, 0.3) is 5.56 Å².